The van der Waals surface area contributed by atoms with Crippen molar-refractivity contribution in [3.8, 4) is 0 Å². The van der Waals surface area contributed by atoms with Gasteiger partial charge >= 0.3 is 6.09 Å². The second-order valence-electron chi connectivity index (χ2n) is 10.0. The van der Waals surface area contributed by atoms with Crippen molar-refractivity contribution in [1.29, 1.82) is 0 Å². The van der Waals surface area contributed by atoms with Gasteiger partial charge in [-0.1, -0.05) is 11.6 Å². The lowest BCUT2D eigenvalue weighted by atomic mass is 9.96. The first-order chi connectivity index (χ1) is 17.7. The third-order valence-electron chi connectivity index (χ3n) is 5.76. The van der Waals surface area contributed by atoms with Gasteiger partial charge in [0.15, 0.2) is 0 Å². The molecule has 1 aromatic carbocycles. The Balaban J connectivity index is 1.79. The van der Waals surface area contributed by atoms with Crippen LogP contribution in [0.25, 0.3) is 0 Å². The van der Waals surface area contributed by atoms with Crippen molar-refractivity contribution in [2.45, 2.75) is 44.1 Å². The number of hydrogen-bond acceptors (Lipinski definition) is 7. The molecule has 11 nitrogen and oxygen atoms in total. The van der Waals surface area contributed by atoms with Crippen LogP contribution in [0.2, 0.25) is 5.02 Å². The molecular weight excluding hydrogens is 534 g/mol. The summed E-state index contributed by atoms with van der Waals surface area (Å²) in [6.45, 7) is 6.07. The van der Waals surface area contributed by atoms with Gasteiger partial charge < -0.3 is 20.3 Å². The third kappa shape index (κ3) is 7.42. The minimum Gasteiger partial charge on any atom is -0.444 e. The number of pyridine rings is 1. The summed E-state index contributed by atoms with van der Waals surface area (Å²) in [5.41, 5.74) is -0.520. The Morgan fingerprint density at radius 3 is 2.29 bits per heavy atom. The summed E-state index contributed by atoms with van der Waals surface area (Å²) in [4.78, 5) is 44.1. The number of anilines is 2. The Morgan fingerprint density at radius 2 is 1.74 bits per heavy atom. The molecule has 1 fully saturated rings. The van der Waals surface area contributed by atoms with Crippen LogP contribution in [-0.4, -0.2) is 73.3 Å². The molecule has 2 heterocycles. The molecule has 3 amide bonds. The number of carbonyl (C=O) groups excluding carboxylic acids is 3. The van der Waals surface area contributed by atoms with Gasteiger partial charge in [0.05, 0.1) is 21.2 Å². The molecule has 206 valence electrons. The van der Waals surface area contributed by atoms with E-state index in [0.717, 1.165) is 4.31 Å². The number of sulfonamides is 1. The lowest BCUT2D eigenvalue weighted by molar-refractivity contribution is -0.121. The van der Waals surface area contributed by atoms with Gasteiger partial charge in [-0.25, -0.2) is 22.5 Å². The number of hydrogen-bond donors (Lipinski definition) is 2. The number of nitrogens with one attached hydrogen (secondary N) is 2. The van der Waals surface area contributed by atoms with Crippen molar-refractivity contribution in [3.63, 3.8) is 0 Å². The molecule has 0 saturated carbocycles. The Morgan fingerprint density at radius 1 is 1.08 bits per heavy atom. The zero-order valence-electron chi connectivity index (χ0n) is 21.9. The molecule has 1 aliphatic heterocycles. The summed E-state index contributed by atoms with van der Waals surface area (Å²) < 4.78 is 31.8. The number of nitrogens with zero attached hydrogens (tertiary/aromatic N) is 3. The quantitative estimate of drug-likeness (QED) is 0.543. The number of amides is 3. The van der Waals surface area contributed by atoms with Gasteiger partial charge in [-0.3, -0.25) is 9.59 Å². The highest BCUT2D eigenvalue weighted by Crippen LogP contribution is 2.26. The van der Waals surface area contributed by atoms with Crippen molar-refractivity contribution in [3.05, 3.63) is 47.1 Å². The zero-order valence-corrected chi connectivity index (χ0v) is 23.5. The fourth-order valence-corrected chi connectivity index (χ4v) is 4.75. The first kappa shape index (κ1) is 29.3. The summed E-state index contributed by atoms with van der Waals surface area (Å²) in [6, 6.07) is 6.96. The fraction of sp³-hybridized carbons (Fsp3) is 0.440. The van der Waals surface area contributed by atoms with E-state index in [1.54, 1.807) is 31.7 Å². The topological polar surface area (TPSA) is 138 Å². The first-order valence-corrected chi connectivity index (χ1v) is 13.8. The van der Waals surface area contributed by atoms with E-state index < -0.39 is 33.5 Å². The van der Waals surface area contributed by atoms with Gasteiger partial charge in [-0.2, -0.15) is 0 Å². The summed E-state index contributed by atoms with van der Waals surface area (Å²) in [5.74, 6) is -1.21. The average molecular weight is 566 g/mol. The Labute approximate surface area is 227 Å². The van der Waals surface area contributed by atoms with Gasteiger partial charge in [0, 0.05) is 39.3 Å². The van der Waals surface area contributed by atoms with Crippen molar-refractivity contribution >= 4 is 51.0 Å². The molecule has 38 heavy (non-hydrogen) atoms. The van der Waals surface area contributed by atoms with E-state index >= 15 is 0 Å². The highest BCUT2D eigenvalue weighted by atomic mass is 35.5. The number of benzene rings is 1. The average Bonchev–Trinajstić information content (AvgIpc) is 2.84. The van der Waals surface area contributed by atoms with E-state index in [0.29, 0.717) is 31.0 Å². The molecule has 1 aromatic heterocycles. The highest BCUT2D eigenvalue weighted by molar-refractivity contribution is 7.89. The number of likely N-dealkylation sites (tertiary alicyclic amines) is 1. The van der Waals surface area contributed by atoms with Crippen LogP contribution in [0, 0.1) is 5.92 Å². The Bertz CT molecular complexity index is 1300. The van der Waals surface area contributed by atoms with Crippen molar-refractivity contribution < 1.29 is 27.5 Å². The van der Waals surface area contributed by atoms with E-state index in [2.05, 4.69) is 15.6 Å². The van der Waals surface area contributed by atoms with Gasteiger partial charge in [0.2, 0.25) is 15.9 Å². The lowest BCUT2D eigenvalue weighted by Gasteiger charge is -2.33. The molecule has 2 N–H and O–H groups in total. The number of ether oxygens (including phenoxy) is 1. The molecule has 0 bridgehead atoms. The monoisotopic (exact) mass is 565 g/mol. The predicted molar refractivity (Wildman–Crippen MR) is 144 cm³/mol. The van der Waals surface area contributed by atoms with Crippen LogP contribution in [0.3, 0.4) is 0 Å². The maximum atomic E-state index is 13.2. The summed E-state index contributed by atoms with van der Waals surface area (Å²) in [7, 11) is -1.08. The third-order valence-corrected chi connectivity index (χ3v) is 7.79. The van der Waals surface area contributed by atoms with Crippen molar-refractivity contribution in [2.24, 2.45) is 5.92 Å². The smallest absolute Gasteiger partial charge is 0.410 e. The molecule has 0 radical (unpaired) electrons. The Kier molecular flexibility index (Phi) is 9.01. The molecule has 1 saturated heterocycles. The van der Waals surface area contributed by atoms with Crippen LogP contribution >= 0.6 is 11.6 Å². The van der Waals surface area contributed by atoms with E-state index in [-0.39, 0.29) is 27.9 Å². The molecule has 0 aliphatic carbocycles. The maximum absolute atomic E-state index is 13.2. The minimum atomic E-state index is -3.85. The van der Waals surface area contributed by atoms with E-state index in [1.807, 2.05) is 0 Å². The van der Waals surface area contributed by atoms with Crippen molar-refractivity contribution in [2.75, 3.05) is 37.8 Å². The normalized spacial score (nSPS) is 14.8. The fourth-order valence-electron chi connectivity index (χ4n) is 3.71. The van der Waals surface area contributed by atoms with Crippen molar-refractivity contribution in [1.82, 2.24) is 14.2 Å². The molecule has 2 aromatic rings. The van der Waals surface area contributed by atoms with E-state index in [1.165, 1.54) is 44.6 Å². The maximum Gasteiger partial charge on any atom is 0.410 e. The number of carbonyl (C=O) groups is 3. The van der Waals surface area contributed by atoms with Crippen LogP contribution in [-0.2, 0) is 19.6 Å². The molecule has 0 unspecified atom stereocenters. The zero-order chi connectivity index (χ0) is 28.3. The van der Waals surface area contributed by atoms with Crippen LogP contribution in [0.4, 0.5) is 16.3 Å². The molecule has 0 atom stereocenters. The van der Waals surface area contributed by atoms with Gasteiger partial charge in [-0.15, -0.1) is 0 Å². The van der Waals surface area contributed by atoms with Crippen LogP contribution in [0.1, 0.15) is 44.0 Å². The molecule has 1 aliphatic rings. The summed E-state index contributed by atoms with van der Waals surface area (Å²) in [6.07, 6.45) is 1.75. The summed E-state index contributed by atoms with van der Waals surface area (Å²) in [5, 5.41) is 5.74. The van der Waals surface area contributed by atoms with E-state index in [4.69, 9.17) is 16.3 Å². The number of piperidine rings is 1. The number of rotatable bonds is 6. The van der Waals surface area contributed by atoms with Crippen LogP contribution in [0.15, 0.2) is 41.4 Å². The predicted octanol–water partition coefficient (Wildman–Crippen LogP) is 3.82. The molecule has 0 spiro atoms. The molecular formula is C25H32ClN5O6S. The van der Waals surface area contributed by atoms with Gasteiger partial charge in [0.25, 0.3) is 5.91 Å². The van der Waals surface area contributed by atoms with Gasteiger partial charge in [-0.05, 0) is 63.9 Å². The van der Waals surface area contributed by atoms with Gasteiger partial charge in [0.1, 0.15) is 11.4 Å². The minimum absolute atomic E-state index is 0.0517. The summed E-state index contributed by atoms with van der Waals surface area (Å²) >= 11 is 5.85. The number of halogens is 1. The number of aromatic nitrogens is 1. The Hall–Kier alpha value is -3.22. The lowest BCUT2D eigenvalue weighted by Crippen LogP contribution is -2.43. The second-order valence-corrected chi connectivity index (χ2v) is 12.6. The molecule has 3 rings (SSSR count). The van der Waals surface area contributed by atoms with E-state index in [9.17, 15) is 22.8 Å². The SMILES string of the molecule is CN(C)S(=O)(=O)c1ccc(NC(=O)C2CCN(C(=O)OC(C)(C)C)CC2)c(C(=O)Nc2ccc(Cl)cn2)c1. The first-order valence-electron chi connectivity index (χ1n) is 12.0. The van der Waals surface area contributed by atoms with Crippen LogP contribution < -0.4 is 10.6 Å². The van der Waals surface area contributed by atoms with Crippen LogP contribution in [0.5, 0.6) is 0 Å². The highest BCUT2D eigenvalue weighted by Gasteiger charge is 2.31. The molecule has 13 heteroatoms. The second kappa shape index (κ2) is 11.7. The largest absolute Gasteiger partial charge is 0.444 e. The standard InChI is InChI=1S/C25H32ClN5O6S/c1-25(2,3)37-24(34)31-12-10-16(11-13-31)22(32)28-20-8-7-18(38(35,36)30(4)5)14-19(20)23(33)29-21-9-6-17(26)15-27-21/h6-9,14-16H,10-13H2,1-5H3,(H,28,32)(H,27,29,33).